The van der Waals surface area contributed by atoms with Crippen molar-refractivity contribution in [1.29, 1.82) is 0 Å². The van der Waals surface area contributed by atoms with Crippen molar-refractivity contribution in [1.82, 2.24) is 0 Å². The van der Waals surface area contributed by atoms with Crippen LogP contribution in [0.25, 0.3) is 0 Å². The summed E-state index contributed by atoms with van der Waals surface area (Å²) >= 11 is 0. The minimum Gasteiger partial charge on any atom is -0.321 e. The number of rotatable bonds is 2. The summed E-state index contributed by atoms with van der Waals surface area (Å²) in [6.07, 6.45) is 7.35. The summed E-state index contributed by atoms with van der Waals surface area (Å²) in [6.45, 7) is 0. The van der Waals surface area contributed by atoms with Gasteiger partial charge in [0.15, 0.2) is 0 Å². The fourth-order valence-electron chi connectivity index (χ4n) is 3.88. The van der Waals surface area contributed by atoms with Gasteiger partial charge in [-0.05, 0) is 36.7 Å². The van der Waals surface area contributed by atoms with E-state index in [-0.39, 0.29) is 16.1 Å². The van der Waals surface area contributed by atoms with Crippen LogP contribution >= 0.6 is 0 Å². The van der Waals surface area contributed by atoms with Crippen LogP contribution in [0.15, 0.2) is 24.3 Å². The maximum atomic E-state index is 10.6. The summed E-state index contributed by atoms with van der Waals surface area (Å²) in [7, 11) is 0. The molecule has 2 aliphatic rings. The van der Waals surface area contributed by atoms with Crippen LogP contribution < -0.4 is 5.73 Å². The molecule has 96 valence electrons. The van der Waals surface area contributed by atoms with E-state index in [9.17, 15) is 10.1 Å². The van der Waals surface area contributed by atoms with Crippen molar-refractivity contribution < 1.29 is 4.92 Å². The second kappa shape index (κ2) is 3.79. The van der Waals surface area contributed by atoms with Gasteiger partial charge in [0.1, 0.15) is 0 Å². The zero-order chi connectivity index (χ0) is 12.8. The Morgan fingerprint density at radius 1 is 1.11 bits per heavy atom. The van der Waals surface area contributed by atoms with Crippen LogP contribution in [0.2, 0.25) is 0 Å². The highest BCUT2D eigenvalue weighted by molar-refractivity contribution is 5.38. The number of non-ortho nitro benzene ring substituents is 1. The van der Waals surface area contributed by atoms with Gasteiger partial charge in [-0.25, -0.2) is 0 Å². The highest BCUT2D eigenvalue weighted by Gasteiger charge is 2.53. The topological polar surface area (TPSA) is 69.2 Å². The lowest BCUT2D eigenvalue weighted by Crippen LogP contribution is -2.54. The van der Waals surface area contributed by atoms with Crippen molar-refractivity contribution in [3.63, 3.8) is 0 Å². The SMILES string of the molecule is NC1(c2ccc([N+](=O)[O-])cc2)CC2(CCCC2)C1. The summed E-state index contributed by atoms with van der Waals surface area (Å²) in [5.41, 5.74) is 7.85. The number of benzene rings is 1. The molecule has 2 aliphatic carbocycles. The van der Waals surface area contributed by atoms with Crippen LogP contribution in [0, 0.1) is 15.5 Å². The summed E-state index contributed by atoms with van der Waals surface area (Å²) in [4.78, 5) is 10.3. The second-order valence-electron chi connectivity index (χ2n) is 6.02. The third-order valence-corrected chi connectivity index (χ3v) is 4.70. The molecule has 0 bridgehead atoms. The second-order valence-corrected chi connectivity index (χ2v) is 6.02. The normalized spacial score (nSPS) is 23.8. The van der Waals surface area contributed by atoms with Gasteiger partial charge in [0.2, 0.25) is 0 Å². The molecule has 1 aromatic rings. The van der Waals surface area contributed by atoms with Crippen molar-refractivity contribution in [3.8, 4) is 0 Å². The van der Waals surface area contributed by atoms with Crippen molar-refractivity contribution in [3.05, 3.63) is 39.9 Å². The van der Waals surface area contributed by atoms with Gasteiger partial charge in [0.05, 0.1) is 4.92 Å². The lowest BCUT2D eigenvalue weighted by atomic mass is 9.55. The third kappa shape index (κ3) is 1.72. The Labute approximate surface area is 106 Å². The Hall–Kier alpha value is -1.42. The summed E-state index contributed by atoms with van der Waals surface area (Å²) in [5, 5.41) is 10.6. The first-order chi connectivity index (χ1) is 8.53. The van der Waals surface area contributed by atoms with Crippen LogP contribution in [0.1, 0.15) is 44.1 Å². The third-order valence-electron chi connectivity index (χ3n) is 4.70. The van der Waals surface area contributed by atoms with Gasteiger partial charge < -0.3 is 5.73 Å². The Morgan fingerprint density at radius 2 is 1.67 bits per heavy atom. The minimum absolute atomic E-state index is 0.136. The Balaban J connectivity index is 1.77. The first kappa shape index (κ1) is 11.7. The monoisotopic (exact) mass is 246 g/mol. The van der Waals surface area contributed by atoms with E-state index < -0.39 is 0 Å². The predicted octanol–water partition coefficient (Wildman–Crippen LogP) is 3.10. The number of hydrogen-bond donors (Lipinski definition) is 1. The van der Waals surface area contributed by atoms with Crippen LogP contribution in [-0.4, -0.2) is 4.92 Å². The molecule has 0 saturated heterocycles. The fraction of sp³-hybridized carbons (Fsp3) is 0.571. The van der Waals surface area contributed by atoms with E-state index in [0.717, 1.165) is 18.4 Å². The number of nitro benzene ring substituents is 1. The number of hydrogen-bond acceptors (Lipinski definition) is 3. The zero-order valence-corrected chi connectivity index (χ0v) is 10.4. The van der Waals surface area contributed by atoms with Gasteiger partial charge in [-0.1, -0.05) is 25.0 Å². The maximum Gasteiger partial charge on any atom is 0.269 e. The van der Waals surface area contributed by atoms with Gasteiger partial charge in [-0.2, -0.15) is 0 Å². The Bertz CT molecular complexity index is 467. The van der Waals surface area contributed by atoms with Gasteiger partial charge >= 0.3 is 0 Å². The van der Waals surface area contributed by atoms with Crippen LogP contribution in [-0.2, 0) is 5.54 Å². The molecule has 2 fully saturated rings. The fourth-order valence-corrected chi connectivity index (χ4v) is 3.88. The van der Waals surface area contributed by atoms with E-state index in [4.69, 9.17) is 5.73 Å². The molecule has 2 saturated carbocycles. The Kier molecular flexibility index (Phi) is 2.45. The zero-order valence-electron chi connectivity index (χ0n) is 10.4. The lowest BCUT2D eigenvalue weighted by Gasteiger charge is -2.53. The van der Waals surface area contributed by atoms with Crippen molar-refractivity contribution in [2.75, 3.05) is 0 Å². The molecule has 0 aromatic heterocycles. The van der Waals surface area contributed by atoms with E-state index in [1.165, 1.54) is 25.7 Å². The first-order valence-electron chi connectivity index (χ1n) is 6.57. The average molecular weight is 246 g/mol. The molecule has 1 aromatic carbocycles. The summed E-state index contributed by atoms with van der Waals surface area (Å²) in [5.74, 6) is 0. The molecule has 4 nitrogen and oxygen atoms in total. The molecule has 0 radical (unpaired) electrons. The van der Waals surface area contributed by atoms with Crippen molar-refractivity contribution >= 4 is 5.69 Å². The van der Waals surface area contributed by atoms with Gasteiger partial charge in [0.25, 0.3) is 5.69 Å². The molecular weight excluding hydrogens is 228 g/mol. The number of nitrogens with zero attached hydrogens (tertiary/aromatic N) is 1. The van der Waals surface area contributed by atoms with Gasteiger partial charge in [-0.3, -0.25) is 10.1 Å². The molecular formula is C14H18N2O2. The summed E-state index contributed by atoms with van der Waals surface area (Å²) in [6, 6.07) is 6.76. The van der Waals surface area contributed by atoms with Crippen molar-refractivity contribution in [2.45, 2.75) is 44.1 Å². The molecule has 1 spiro atoms. The molecule has 3 rings (SSSR count). The van der Waals surface area contributed by atoms with Crippen molar-refractivity contribution in [2.24, 2.45) is 11.1 Å². The minimum atomic E-state index is -0.369. The summed E-state index contributed by atoms with van der Waals surface area (Å²) < 4.78 is 0. The molecule has 0 aliphatic heterocycles. The van der Waals surface area contributed by atoms with Gasteiger partial charge in [0, 0.05) is 17.7 Å². The first-order valence-corrected chi connectivity index (χ1v) is 6.57. The number of nitrogens with two attached hydrogens (primary N) is 1. The molecule has 0 atom stereocenters. The highest BCUT2D eigenvalue weighted by Crippen LogP contribution is 2.60. The standard InChI is InChI=1S/C14H18N2O2/c15-14(9-13(10-14)7-1-2-8-13)11-3-5-12(6-4-11)16(17)18/h3-6H,1-2,7-10,15H2. The van der Waals surface area contributed by atoms with Crippen LogP contribution in [0.5, 0.6) is 0 Å². The van der Waals surface area contributed by atoms with Crippen LogP contribution in [0.4, 0.5) is 5.69 Å². The number of nitro groups is 1. The molecule has 18 heavy (non-hydrogen) atoms. The van der Waals surface area contributed by atoms with E-state index in [1.54, 1.807) is 12.1 Å². The highest BCUT2D eigenvalue weighted by atomic mass is 16.6. The van der Waals surface area contributed by atoms with E-state index in [2.05, 4.69) is 0 Å². The Morgan fingerprint density at radius 3 is 2.17 bits per heavy atom. The lowest BCUT2D eigenvalue weighted by molar-refractivity contribution is -0.384. The van der Waals surface area contributed by atoms with Crippen LogP contribution in [0.3, 0.4) is 0 Å². The molecule has 4 heteroatoms. The smallest absolute Gasteiger partial charge is 0.269 e. The molecule has 0 heterocycles. The average Bonchev–Trinajstić information content (AvgIpc) is 2.77. The quantitative estimate of drug-likeness (QED) is 0.644. The van der Waals surface area contributed by atoms with E-state index >= 15 is 0 Å². The van der Waals surface area contributed by atoms with Gasteiger partial charge in [-0.15, -0.1) is 0 Å². The van der Waals surface area contributed by atoms with E-state index in [0.29, 0.717) is 5.41 Å². The molecule has 2 N–H and O–H groups in total. The van der Waals surface area contributed by atoms with E-state index in [1.807, 2.05) is 12.1 Å². The molecule has 0 unspecified atom stereocenters. The predicted molar refractivity (Wildman–Crippen MR) is 69.1 cm³/mol. The largest absolute Gasteiger partial charge is 0.321 e. The maximum absolute atomic E-state index is 10.6. The molecule has 0 amide bonds.